The predicted molar refractivity (Wildman–Crippen MR) is 124 cm³/mol. The number of piperidine rings is 1. The molecule has 1 saturated heterocycles. The largest absolute Gasteiger partial charge is 0.484 e. The van der Waals surface area contributed by atoms with Crippen LogP contribution in [0, 0.1) is 5.82 Å². The Hall–Kier alpha value is -1.94. The summed E-state index contributed by atoms with van der Waals surface area (Å²) in [5, 5.41) is 17.1. The summed E-state index contributed by atoms with van der Waals surface area (Å²) >= 11 is 5.66. The number of likely N-dealkylation sites (tertiary alicyclic amines) is 1. The zero-order chi connectivity index (χ0) is 24.5. The van der Waals surface area contributed by atoms with Crippen LogP contribution in [-0.2, 0) is 14.3 Å². The Labute approximate surface area is 204 Å². The van der Waals surface area contributed by atoms with Gasteiger partial charge in [0.1, 0.15) is 11.6 Å². The number of carbonyl (C=O) groups excluding carboxylic acids is 2. The zero-order valence-electron chi connectivity index (χ0n) is 19.6. The molecule has 188 valence electrons. The molecular weight excluding hydrogens is 465 g/mol. The molecule has 1 heterocycles. The first kappa shape index (κ1) is 25.2. The van der Waals surface area contributed by atoms with Crippen molar-refractivity contribution >= 4 is 23.4 Å². The lowest BCUT2D eigenvalue weighted by Gasteiger charge is -2.56. The number of nitrogens with zero attached hydrogens (tertiary/aromatic N) is 1. The van der Waals surface area contributed by atoms with Crippen molar-refractivity contribution in [2.45, 2.75) is 74.3 Å². The fourth-order valence-corrected chi connectivity index (χ4v) is 5.72. The van der Waals surface area contributed by atoms with Crippen LogP contribution in [0.3, 0.4) is 0 Å². The average Bonchev–Trinajstić information content (AvgIpc) is 2.81. The summed E-state index contributed by atoms with van der Waals surface area (Å²) < 4.78 is 24.4. The highest BCUT2D eigenvalue weighted by molar-refractivity contribution is 6.30. The molecule has 4 fully saturated rings. The number of likely N-dealkylation sites (N-methyl/N-ethyl adjacent to an activating group) is 1. The first-order chi connectivity index (χ1) is 16.2. The summed E-state index contributed by atoms with van der Waals surface area (Å²) in [6.07, 6.45) is 3.66. The summed E-state index contributed by atoms with van der Waals surface area (Å²) in [6.45, 7) is 0.498. The maximum atomic E-state index is 13.6. The second-order valence-corrected chi connectivity index (χ2v) is 10.3. The molecule has 2 amide bonds. The number of ether oxygens (including phenoxy) is 2. The van der Waals surface area contributed by atoms with E-state index < -0.39 is 23.0 Å². The van der Waals surface area contributed by atoms with Crippen LogP contribution in [0.5, 0.6) is 5.75 Å². The Bertz CT molecular complexity index is 924. The summed E-state index contributed by atoms with van der Waals surface area (Å²) in [6, 6.07) is 3.72. The molecule has 3 atom stereocenters. The molecule has 10 heteroatoms. The van der Waals surface area contributed by atoms with Crippen molar-refractivity contribution in [2.75, 3.05) is 27.3 Å². The first-order valence-corrected chi connectivity index (χ1v) is 12.2. The van der Waals surface area contributed by atoms with Crippen LogP contribution in [0.25, 0.3) is 0 Å². The third kappa shape index (κ3) is 5.17. The normalized spacial score (nSPS) is 33.4. The van der Waals surface area contributed by atoms with Crippen molar-refractivity contribution in [2.24, 2.45) is 0 Å². The highest BCUT2D eigenvalue weighted by Crippen LogP contribution is 2.47. The van der Waals surface area contributed by atoms with Crippen molar-refractivity contribution < 1.29 is 28.6 Å². The van der Waals surface area contributed by atoms with E-state index in [1.54, 1.807) is 7.11 Å². The van der Waals surface area contributed by atoms with E-state index in [4.69, 9.17) is 21.1 Å². The molecule has 34 heavy (non-hydrogen) atoms. The number of rotatable bonds is 7. The minimum atomic E-state index is -0.789. The Morgan fingerprint density at radius 3 is 2.65 bits per heavy atom. The summed E-state index contributed by atoms with van der Waals surface area (Å²) in [5.74, 6) is -0.836. The molecule has 3 unspecified atom stereocenters. The average molecular weight is 498 g/mol. The van der Waals surface area contributed by atoms with Gasteiger partial charge < -0.3 is 25.2 Å². The molecule has 0 aromatic heterocycles. The number of carbonyl (C=O) groups is 2. The molecule has 2 bridgehead atoms. The topological polar surface area (TPSA) is 100 Å². The van der Waals surface area contributed by atoms with Crippen LogP contribution in [0.2, 0.25) is 5.02 Å². The van der Waals surface area contributed by atoms with Gasteiger partial charge in [0.2, 0.25) is 5.91 Å². The number of hydrogen-bond donors (Lipinski definition) is 3. The minimum absolute atomic E-state index is 0.0209. The van der Waals surface area contributed by atoms with E-state index in [-0.39, 0.29) is 41.3 Å². The molecule has 0 radical (unpaired) electrons. The Balaban J connectivity index is 1.32. The SMILES string of the molecule is COC1CCN(C)C(C(=O)NC23CCC(NC(=O)COc4ccc(Cl)c(F)c4)(CC2)C(O)C3)C1. The monoisotopic (exact) mass is 497 g/mol. The second-order valence-electron chi connectivity index (χ2n) is 9.94. The van der Waals surface area contributed by atoms with Gasteiger partial charge >= 0.3 is 0 Å². The fraction of sp³-hybridized carbons (Fsp3) is 0.667. The van der Waals surface area contributed by atoms with Crippen LogP contribution >= 0.6 is 11.6 Å². The van der Waals surface area contributed by atoms with Crippen molar-refractivity contribution in [1.29, 1.82) is 0 Å². The highest BCUT2D eigenvalue weighted by atomic mass is 35.5. The number of fused-ring (bicyclic) bond motifs is 3. The van der Waals surface area contributed by atoms with Gasteiger partial charge in [0.15, 0.2) is 6.61 Å². The summed E-state index contributed by atoms with van der Waals surface area (Å²) in [5.41, 5.74) is -1.22. The molecule has 8 nitrogen and oxygen atoms in total. The van der Waals surface area contributed by atoms with Gasteiger partial charge in [0.25, 0.3) is 5.91 Å². The zero-order valence-corrected chi connectivity index (χ0v) is 20.4. The molecule has 3 saturated carbocycles. The van der Waals surface area contributed by atoms with Gasteiger partial charge in [-0.3, -0.25) is 14.5 Å². The number of hydrogen-bond acceptors (Lipinski definition) is 6. The smallest absolute Gasteiger partial charge is 0.258 e. The molecule has 5 rings (SSSR count). The number of aliphatic hydroxyl groups excluding tert-OH is 1. The van der Waals surface area contributed by atoms with Crippen LogP contribution < -0.4 is 15.4 Å². The molecule has 3 aliphatic carbocycles. The van der Waals surface area contributed by atoms with Gasteiger partial charge in [0.05, 0.1) is 28.8 Å². The lowest BCUT2D eigenvalue weighted by atomic mass is 9.59. The van der Waals surface area contributed by atoms with Crippen molar-refractivity contribution in [1.82, 2.24) is 15.5 Å². The molecule has 1 aromatic rings. The van der Waals surface area contributed by atoms with Gasteiger partial charge in [-0.1, -0.05) is 11.6 Å². The third-order valence-corrected chi connectivity index (χ3v) is 8.12. The van der Waals surface area contributed by atoms with Crippen LogP contribution in [0.15, 0.2) is 18.2 Å². The maximum absolute atomic E-state index is 13.6. The second kappa shape index (κ2) is 9.97. The van der Waals surface area contributed by atoms with Gasteiger partial charge in [-0.05, 0) is 64.1 Å². The number of nitrogens with one attached hydrogen (secondary N) is 2. The number of amides is 2. The fourth-order valence-electron chi connectivity index (χ4n) is 5.61. The predicted octanol–water partition coefficient (Wildman–Crippen LogP) is 2.02. The summed E-state index contributed by atoms with van der Waals surface area (Å²) in [4.78, 5) is 27.8. The van der Waals surface area contributed by atoms with Gasteiger partial charge in [0, 0.05) is 25.3 Å². The van der Waals surface area contributed by atoms with Gasteiger partial charge in [-0.2, -0.15) is 0 Å². The molecular formula is C24H33ClFN3O5. The van der Waals surface area contributed by atoms with Crippen molar-refractivity contribution in [3.05, 3.63) is 29.0 Å². The molecule has 0 spiro atoms. The van der Waals surface area contributed by atoms with E-state index in [1.165, 1.54) is 12.1 Å². The number of methoxy groups -OCH3 is 1. The Kier molecular flexibility index (Phi) is 7.38. The van der Waals surface area contributed by atoms with Crippen LogP contribution in [-0.4, -0.2) is 78.5 Å². The quantitative estimate of drug-likeness (QED) is 0.533. The van der Waals surface area contributed by atoms with E-state index in [0.29, 0.717) is 38.5 Å². The van der Waals surface area contributed by atoms with E-state index in [0.717, 1.165) is 19.0 Å². The Morgan fingerprint density at radius 2 is 2.00 bits per heavy atom. The highest BCUT2D eigenvalue weighted by Gasteiger charge is 2.55. The van der Waals surface area contributed by atoms with Crippen molar-refractivity contribution in [3.8, 4) is 5.75 Å². The molecule has 1 aliphatic heterocycles. The van der Waals surface area contributed by atoms with Crippen molar-refractivity contribution in [3.63, 3.8) is 0 Å². The Morgan fingerprint density at radius 1 is 1.26 bits per heavy atom. The van der Waals surface area contributed by atoms with Gasteiger partial charge in [-0.25, -0.2) is 4.39 Å². The van der Waals surface area contributed by atoms with E-state index >= 15 is 0 Å². The maximum Gasteiger partial charge on any atom is 0.258 e. The lowest BCUT2D eigenvalue weighted by Crippen LogP contribution is -2.71. The lowest BCUT2D eigenvalue weighted by molar-refractivity contribution is -0.140. The number of benzene rings is 1. The molecule has 1 aromatic carbocycles. The van der Waals surface area contributed by atoms with E-state index in [9.17, 15) is 19.1 Å². The van der Waals surface area contributed by atoms with Crippen LogP contribution in [0.1, 0.15) is 44.9 Å². The number of halogens is 2. The molecule has 3 N–H and O–H groups in total. The standard InChI is InChI=1S/C24H33ClFN3O5/c1-29-10-5-15(33-2)12-19(29)22(32)28-23-6-8-24(9-7-23,20(30)13-23)27-21(31)14-34-16-3-4-17(25)18(26)11-16/h3-4,11,15,19-20,30H,5-10,12-14H2,1-2H3,(H,27,31)(H,28,32). The van der Waals surface area contributed by atoms with Crippen LogP contribution in [0.4, 0.5) is 4.39 Å². The molecule has 4 aliphatic rings. The summed E-state index contributed by atoms with van der Waals surface area (Å²) in [7, 11) is 3.63. The van der Waals surface area contributed by atoms with E-state index in [1.807, 2.05) is 7.05 Å². The minimum Gasteiger partial charge on any atom is -0.484 e. The van der Waals surface area contributed by atoms with E-state index in [2.05, 4.69) is 15.5 Å². The first-order valence-electron chi connectivity index (χ1n) is 11.8. The van der Waals surface area contributed by atoms with Gasteiger partial charge in [-0.15, -0.1) is 0 Å². The number of aliphatic hydroxyl groups is 1. The third-order valence-electron chi connectivity index (χ3n) is 7.82.